The van der Waals surface area contributed by atoms with Crippen LogP contribution in [0.4, 0.5) is 0 Å². The molecule has 18 heavy (non-hydrogen) atoms. The van der Waals surface area contributed by atoms with Crippen molar-refractivity contribution in [1.29, 1.82) is 0 Å². The van der Waals surface area contributed by atoms with Gasteiger partial charge in [-0.2, -0.15) is 0 Å². The van der Waals surface area contributed by atoms with Crippen LogP contribution < -0.4 is 0 Å². The fourth-order valence-corrected chi connectivity index (χ4v) is 2.43. The third-order valence-corrected chi connectivity index (χ3v) is 3.56. The second-order valence-electron chi connectivity index (χ2n) is 3.59. The van der Waals surface area contributed by atoms with E-state index in [1.165, 1.54) is 11.5 Å². The van der Waals surface area contributed by atoms with Gasteiger partial charge in [0.2, 0.25) is 0 Å². The maximum atomic E-state index is 12.3. The molecule has 0 N–H and O–H groups in total. The second-order valence-corrected chi connectivity index (χ2v) is 5.14. The molecule has 1 rings (SSSR count). The van der Waals surface area contributed by atoms with Crippen molar-refractivity contribution in [2.24, 2.45) is 0 Å². The molecule has 0 unspecified atom stereocenters. The van der Waals surface area contributed by atoms with Gasteiger partial charge in [-0.15, -0.1) is 5.10 Å². The molecule has 0 fully saturated rings. The Morgan fingerprint density at radius 1 is 1.44 bits per heavy atom. The van der Waals surface area contributed by atoms with Crippen molar-refractivity contribution >= 4 is 33.4 Å². The van der Waals surface area contributed by atoms with Crippen molar-refractivity contribution < 1.29 is 9.53 Å². The highest BCUT2D eigenvalue weighted by atomic mass is 79.9. The number of likely N-dealkylation sites (N-methyl/N-ethyl adjacent to an activating group) is 1. The van der Waals surface area contributed by atoms with Crippen LogP contribution in [-0.2, 0) is 11.2 Å². The van der Waals surface area contributed by atoms with Crippen molar-refractivity contribution in [2.45, 2.75) is 20.3 Å². The average Bonchev–Trinajstić information content (AvgIpc) is 2.86. The standard InChI is InChI=1S/C11H18BrN3O2S/c1-3-9-10(18-14-13-9)11(16)15(4-2)6-8-17-7-5-12/h3-8H2,1-2H3. The first-order valence-corrected chi connectivity index (χ1v) is 7.88. The Morgan fingerprint density at radius 2 is 2.22 bits per heavy atom. The number of aryl methyl sites for hydroxylation is 1. The summed E-state index contributed by atoms with van der Waals surface area (Å²) in [6.07, 6.45) is 0.731. The zero-order valence-corrected chi connectivity index (χ0v) is 13.1. The van der Waals surface area contributed by atoms with Gasteiger partial charge in [0, 0.05) is 18.4 Å². The van der Waals surface area contributed by atoms with Crippen LogP contribution in [0.3, 0.4) is 0 Å². The van der Waals surface area contributed by atoms with Gasteiger partial charge in [-0.1, -0.05) is 27.3 Å². The topological polar surface area (TPSA) is 55.3 Å². The average molecular weight is 336 g/mol. The van der Waals surface area contributed by atoms with Crippen LogP contribution in [0.25, 0.3) is 0 Å². The van der Waals surface area contributed by atoms with Crippen LogP contribution in [0.15, 0.2) is 0 Å². The smallest absolute Gasteiger partial charge is 0.267 e. The van der Waals surface area contributed by atoms with E-state index in [4.69, 9.17) is 4.74 Å². The number of hydrogen-bond donors (Lipinski definition) is 0. The van der Waals surface area contributed by atoms with Crippen molar-refractivity contribution in [3.63, 3.8) is 0 Å². The summed E-state index contributed by atoms with van der Waals surface area (Å²) in [7, 11) is 0. The summed E-state index contributed by atoms with van der Waals surface area (Å²) < 4.78 is 9.22. The molecule has 0 aliphatic carbocycles. The van der Waals surface area contributed by atoms with E-state index in [0.29, 0.717) is 31.2 Å². The number of carbonyl (C=O) groups is 1. The number of halogens is 1. The Bertz CT molecular complexity index is 373. The third kappa shape index (κ3) is 4.29. The third-order valence-electron chi connectivity index (χ3n) is 2.48. The van der Waals surface area contributed by atoms with Gasteiger partial charge in [-0.25, -0.2) is 0 Å². The van der Waals surface area contributed by atoms with Gasteiger partial charge in [-0.05, 0) is 24.9 Å². The van der Waals surface area contributed by atoms with Crippen molar-refractivity contribution in [2.75, 3.05) is 31.6 Å². The molecule has 1 heterocycles. The van der Waals surface area contributed by atoms with E-state index in [-0.39, 0.29) is 5.91 Å². The fourth-order valence-electron chi connectivity index (χ4n) is 1.48. The quantitative estimate of drug-likeness (QED) is 0.538. The lowest BCUT2D eigenvalue weighted by Crippen LogP contribution is -2.34. The van der Waals surface area contributed by atoms with Crippen LogP contribution in [0.2, 0.25) is 0 Å². The highest BCUT2D eigenvalue weighted by Crippen LogP contribution is 2.14. The van der Waals surface area contributed by atoms with Crippen LogP contribution in [0, 0.1) is 0 Å². The molecule has 0 aromatic carbocycles. The number of ether oxygens (including phenoxy) is 1. The molecule has 5 nitrogen and oxygen atoms in total. The van der Waals surface area contributed by atoms with Crippen molar-refractivity contribution in [1.82, 2.24) is 14.5 Å². The zero-order chi connectivity index (χ0) is 13.4. The predicted molar refractivity (Wildman–Crippen MR) is 75.5 cm³/mol. The molecule has 1 amide bonds. The minimum atomic E-state index is 0.00629. The minimum absolute atomic E-state index is 0.00629. The lowest BCUT2D eigenvalue weighted by atomic mass is 10.2. The number of rotatable bonds is 8. The molecule has 0 spiro atoms. The molecule has 0 bridgehead atoms. The van der Waals surface area contributed by atoms with Crippen molar-refractivity contribution in [3.8, 4) is 0 Å². The molecular weight excluding hydrogens is 318 g/mol. The summed E-state index contributed by atoms with van der Waals surface area (Å²) in [5.74, 6) is 0.00629. The maximum absolute atomic E-state index is 12.3. The van der Waals surface area contributed by atoms with Gasteiger partial charge in [0.05, 0.1) is 18.9 Å². The molecule has 7 heteroatoms. The molecule has 0 saturated carbocycles. The summed E-state index contributed by atoms with van der Waals surface area (Å²) in [5, 5.41) is 4.78. The van der Waals surface area contributed by atoms with E-state index in [1.807, 2.05) is 13.8 Å². The Morgan fingerprint density at radius 3 is 2.83 bits per heavy atom. The Kier molecular flexibility index (Phi) is 7.38. The predicted octanol–water partition coefficient (Wildman–Crippen LogP) is 1.97. The van der Waals surface area contributed by atoms with Crippen molar-refractivity contribution in [3.05, 3.63) is 10.6 Å². The molecule has 0 atom stereocenters. The monoisotopic (exact) mass is 335 g/mol. The van der Waals surface area contributed by atoms with E-state index in [0.717, 1.165) is 17.4 Å². The SMILES string of the molecule is CCc1nnsc1C(=O)N(CC)CCOCCBr. The van der Waals surface area contributed by atoms with Gasteiger partial charge in [0.1, 0.15) is 4.88 Å². The van der Waals surface area contributed by atoms with E-state index in [1.54, 1.807) is 4.90 Å². The summed E-state index contributed by atoms with van der Waals surface area (Å²) in [5.41, 5.74) is 0.782. The van der Waals surface area contributed by atoms with Gasteiger partial charge in [0.15, 0.2) is 0 Å². The van der Waals surface area contributed by atoms with E-state index in [2.05, 4.69) is 25.5 Å². The number of aromatic nitrogens is 2. The first kappa shape index (κ1) is 15.5. The second kappa shape index (κ2) is 8.55. The molecule has 1 aromatic heterocycles. The molecule has 0 saturated heterocycles. The largest absolute Gasteiger partial charge is 0.379 e. The number of alkyl halides is 1. The first-order valence-electron chi connectivity index (χ1n) is 5.98. The first-order chi connectivity index (χ1) is 8.74. The Balaban J connectivity index is 2.56. The van der Waals surface area contributed by atoms with Gasteiger partial charge < -0.3 is 9.64 Å². The lowest BCUT2D eigenvalue weighted by Gasteiger charge is -2.20. The van der Waals surface area contributed by atoms with E-state index >= 15 is 0 Å². The number of carbonyl (C=O) groups excluding carboxylic acids is 1. The van der Waals surface area contributed by atoms with Gasteiger partial charge in [0.25, 0.3) is 5.91 Å². The zero-order valence-electron chi connectivity index (χ0n) is 10.7. The molecule has 102 valence electrons. The van der Waals surface area contributed by atoms with Crippen LogP contribution >= 0.6 is 27.5 Å². The van der Waals surface area contributed by atoms with E-state index in [9.17, 15) is 4.79 Å². The molecule has 0 aliphatic rings. The molecule has 0 radical (unpaired) electrons. The fraction of sp³-hybridized carbons (Fsp3) is 0.727. The minimum Gasteiger partial charge on any atom is -0.379 e. The van der Waals surface area contributed by atoms with E-state index < -0.39 is 0 Å². The van der Waals surface area contributed by atoms with Gasteiger partial charge >= 0.3 is 0 Å². The van der Waals surface area contributed by atoms with Gasteiger partial charge in [-0.3, -0.25) is 4.79 Å². The summed E-state index contributed by atoms with van der Waals surface area (Å²) in [4.78, 5) is 14.7. The normalized spacial score (nSPS) is 10.6. The van der Waals surface area contributed by atoms with Crippen LogP contribution in [0.5, 0.6) is 0 Å². The number of amides is 1. The summed E-state index contributed by atoms with van der Waals surface area (Å²) >= 11 is 4.46. The lowest BCUT2D eigenvalue weighted by molar-refractivity contribution is 0.0676. The highest BCUT2D eigenvalue weighted by Gasteiger charge is 2.20. The van der Waals surface area contributed by atoms with Crippen LogP contribution in [-0.4, -0.2) is 52.0 Å². The molecular formula is C11H18BrN3O2S. The Hall–Kier alpha value is -0.530. The summed E-state index contributed by atoms with van der Waals surface area (Å²) in [6, 6.07) is 0. The molecule has 1 aromatic rings. The summed E-state index contributed by atoms with van der Waals surface area (Å²) in [6.45, 7) is 6.42. The number of hydrogen-bond acceptors (Lipinski definition) is 5. The molecule has 0 aliphatic heterocycles. The maximum Gasteiger partial charge on any atom is 0.267 e. The van der Waals surface area contributed by atoms with Crippen LogP contribution in [0.1, 0.15) is 29.2 Å². The Labute approximate surface area is 120 Å². The number of nitrogens with zero attached hydrogens (tertiary/aromatic N) is 3. The highest BCUT2D eigenvalue weighted by molar-refractivity contribution is 9.09.